The van der Waals surface area contributed by atoms with E-state index in [0.717, 1.165) is 5.56 Å². The minimum atomic E-state index is -0.617. The van der Waals surface area contributed by atoms with E-state index in [9.17, 15) is 9.59 Å². The number of halogens is 1. The van der Waals surface area contributed by atoms with Crippen LogP contribution in [-0.2, 0) is 11.3 Å². The maximum Gasteiger partial charge on any atom is 0.248 e. The highest BCUT2D eigenvalue weighted by molar-refractivity contribution is 6.30. The first-order valence-corrected chi connectivity index (χ1v) is 8.55. The van der Waals surface area contributed by atoms with Crippen molar-refractivity contribution in [2.75, 3.05) is 12.0 Å². The van der Waals surface area contributed by atoms with Gasteiger partial charge in [-0.05, 0) is 36.4 Å². The van der Waals surface area contributed by atoms with Crippen LogP contribution < -0.4 is 15.4 Å². The van der Waals surface area contributed by atoms with Crippen LogP contribution in [0.4, 0.5) is 5.69 Å². The lowest BCUT2D eigenvalue weighted by Crippen LogP contribution is -2.39. The van der Waals surface area contributed by atoms with Crippen molar-refractivity contribution in [3.63, 3.8) is 0 Å². The molecule has 0 aliphatic rings. The highest BCUT2D eigenvalue weighted by Crippen LogP contribution is 2.30. The van der Waals surface area contributed by atoms with E-state index < -0.39 is 11.3 Å². The van der Waals surface area contributed by atoms with Gasteiger partial charge in [-0.25, -0.2) is 0 Å². The molecule has 6 heteroatoms. The molecule has 0 aromatic heterocycles. The van der Waals surface area contributed by atoms with E-state index in [1.165, 1.54) is 0 Å². The van der Waals surface area contributed by atoms with Gasteiger partial charge >= 0.3 is 0 Å². The van der Waals surface area contributed by atoms with E-state index in [2.05, 4.69) is 0 Å². The number of hydrogen-bond donors (Lipinski definition) is 1. The fourth-order valence-electron chi connectivity index (χ4n) is 2.55. The standard InChI is InChI=1S/C20H23ClN2O3/c1-20(2,3)19(25)23(16-7-5-6-13(11-16)18(22)24)12-14-10-15(21)8-9-17(14)26-4/h5-11H,12H2,1-4H3,(H2,22,24). The Balaban J connectivity index is 2.52. The minimum Gasteiger partial charge on any atom is -0.496 e. The van der Waals surface area contributed by atoms with Crippen molar-refractivity contribution in [2.24, 2.45) is 11.1 Å². The van der Waals surface area contributed by atoms with Crippen molar-refractivity contribution >= 4 is 29.1 Å². The zero-order valence-corrected chi connectivity index (χ0v) is 16.1. The van der Waals surface area contributed by atoms with Crippen LogP contribution >= 0.6 is 11.6 Å². The fraction of sp³-hybridized carbons (Fsp3) is 0.300. The van der Waals surface area contributed by atoms with Gasteiger partial charge in [0.15, 0.2) is 0 Å². The van der Waals surface area contributed by atoms with E-state index in [4.69, 9.17) is 22.1 Å². The molecule has 0 saturated carbocycles. The van der Waals surface area contributed by atoms with Crippen LogP contribution in [0.25, 0.3) is 0 Å². The monoisotopic (exact) mass is 374 g/mol. The molecule has 0 unspecified atom stereocenters. The summed E-state index contributed by atoms with van der Waals surface area (Å²) in [5.41, 5.74) is 6.46. The maximum atomic E-state index is 13.1. The summed E-state index contributed by atoms with van der Waals surface area (Å²) < 4.78 is 5.39. The zero-order valence-electron chi connectivity index (χ0n) is 15.4. The molecule has 0 saturated heterocycles. The summed E-state index contributed by atoms with van der Waals surface area (Å²) in [4.78, 5) is 26.2. The molecule has 2 amide bonds. The molecule has 0 fully saturated rings. The number of anilines is 1. The van der Waals surface area contributed by atoms with Crippen LogP contribution in [-0.4, -0.2) is 18.9 Å². The number of methoxy groups -OCH3 is 1. The van der Waals surface area contributed by atoms with Gasteiger partial charge in [0.05, 0.1) is 13.7 Å². The summed E-state index contributed by atoms with van der Waals surface area (Å²) in [6, 6.07) is 12.0. The minimum absolute atomic E-state index is 0.0962. The van der Waals surface area contributed by atoms with E-state index in [1.807, 2.05) is 20.8 Å². The van der Waals surface area contributed by atoms with Crippen LogP contribution in [0.3, 0.4) is 0 Å². The first-order chi connectivity index (χ1) is 12.1. The molecule has 0 heterocycles. The highest BCUT2D eigenvalue weighted by Gasteiger charge is 2.29. The summed E-state index contributed by atoms with van der Waals surface area (Å²) >= 11 is 6.12. The number of rotatable bonds is 5. The summed E-state index contributed by atoms with van der Waals surface area (Å²) in [6.45, 7) is 5.78. The van der Waals surface area contributed by atoms with Crippen LogP contribution in [0.2, 0.25) is 5.02 Å². The number of primary amides is 1. The van der Waals surface area contributed by atoms with Gasteiger partial charge in [0, 0.05) is 27.3 Å². The van der Waals surface area contributed by atoms with Crippen molar-refractivity contribution in [1.29, 1.82) is 0 Å². The third kappa shape index (κ3) is 4.55. The molecular formula is C20H23ClN2O3. The molecular weight excluding hydrogens is 352 g/mol. The smallest absolute Gasteiger partial charge is 0.248 e. The number of nitrogens with zero attached hydrogens (tertiary/aromatic N) is 1. The van der Waals surface area contributed by atoms with Crippen LogP contribution in [0, 0.1) is 5.41 Å². The Morgan fingerprint density at radius 3 is 2.42 bits per heavy atom. The van der Waals surface area contributed by atoms with Gasteiger partial charge in [-0.1, -0.05) is 38.4 Å². The Labute approximate surface area is 158 Å². The van der Waals surface area contributed by atoms with Gasteiger partial charge in [-0.3, -0.25) is 9.59 Å². The second kappa shape index (κ2) is 7.79. The van der Waals surface area contributed by atoms with Crippen molar-refractivity contribution in [1.82, 2.24) is 0 Å². The fourth-order valence-corrected chi connectivity index (χ4v) is 2.75. The van der Waals surface area contributed by atoms with Gasteiger partial charge in [0.2, 0.25) is 11.8 Å². The predicted molar refractivity (Wildman–Crippen MR) is 104 cm³/mol. The molecule has 138 valence electrons. The van der Waals surface area contributed by atoms with Gasteiger partial charge in [0.25, 0.3) is 0 Å². The summed E-state index contributed by atoms with van der Waals surface area (Å²) in [5.74, 6) is -0.0105. The van der Waals surface area contributed by atoms with Gasteiger partial charge in [-0.15, -0.1) is 0 Å². The van der Waals surface area contributed by atoms with E-state index in [0.29, 0.717) is 22.0 Å². The van der Waals surface area contributed by atoms with Crippen molar-refractivity contribution in [2.45, 2.75) is 27.3 Å². The van der Waals surface area contributed by atoms with E-state index in [-0.39, 0.29) is 12.5 Å². The molecule has 5 nitrogen and oxygen atoms in total. The molecule has 0 radical (unpaired) electrons. The average molecular weight is 375 g/mol. The Kier molecular flexibility index (Phi) is 5.93. The Bertz CT molecular complexity index is 828. The lowest BCUT2D eigenvalue weighted by atomic mass is 9.94. The first-order valence-electron chi connectivity index (χ1n) is 8.17. The number of carbonyl (C=O) groups is 2. The number of hydrogen-bond acceptors (Lipinski definition) is 3. The lowest BCUT2D eigenvalue weighted by molar-refractivity contribution is -0.125. The SMILES string of the molecule is COc1ccc(Cl)cc1CN(C(=O)C(C)(C)C)c1cccc(C(N)=O)c1. The number of amides is 2. The summed E-state index contributed by atoms with van der Waals surface area (Å²) in [6.07, 6.45) is 0. The summed E-state index contributed by atoms with van der Waals surface area (Å²) in [5, 5.41) is 0.551. The third-order valence-electron chi connectivity index (χ3n) is 3.90. The van der Waals surface area contributed by atoms with Crippen LogP contribution in [0.5, 0.6) is 5.75 Å². The van der Waals surface area contributed by atoms with Crippen LogP contribution in [0.1, 0.15) is 36.7 Å². The predicted octanol–water partition coefficient (Wildman–Crippen LogP) is 4.03. The molecule has 0 bridgehead atoms. The number of nitrogens with two attached hydrogens (primary N) is 1. The molecule has 2 rings (SSSR count). The van der Waals surface area contributed by atoms with E-state index in [1.54, 1.807) is 54.5 Å². The average Bonchev–Trinajstić information content (AvgIpc) is 2.58. The van der Waals surface area contributed by atoms with Gasteiger partial charge < -0.3 is 15.4 Å². The molecule has 26 heavy (non-hydrogen) atoms. The molecule has 0 aliphatic heterocycles. The van der Waals surface area contributed by atoms with Crippen molar-refractivity contribution in [3.05, 3.63) is 58.6 Å². The van der Waals surface area contributed by atoms with Crippen LogP contribution in [0.15, 0.2) is 42.5 Å². The Morgan fingerprint density at radius 2 is 1.85 bits per heavy atom. The van der Waals surface area contributed by atoms with Gasteiger partial charge in [-0.2, -0.15) is 0 Å². The van der Waals surface area contributed by atoms with Crippen molar-refractivity contribution in [3.8, 4) is 5.75 Å². The topological polar surface area (TPSA) is 72.6 Å². The molecule has 0 spiro atoms. The molecule has 2 N–H and O–H groups in total. The largest absolute Gasteiger partial charge is 0.496 e. The third-order valence-corrected chi connectivity index (χ3v) is 4.14. The summed E-state index contributed by atoms with van der Waals surface area (Å²) in [7, 11) is 1.57. The molecule has 0 atom stereocenters. The number of carbonyl (C=O) groups excluding carboxylic acids is 2. The highest BCUT2D eigenvalue weighted by atomic mass is 35.5. The first kappa shape index (κ1) is 19.8. The second-order valence-electron chi connectivity index (χ2n) is 7.01. The quantitative estimate of drug-likeness (QED) is 0.858. The molecule has 2 aromatic carbocycles. The lowest BCUT2D eigenvalue weighted by Gasteiger charge is -2.30. The maximum absolute atomic E-state index is 13.1. The Morgan fingerprint density at radius 1 is 1.15 bits per heavy atom. The molecule has 2 aromatic rings. The normalized spacial score (nSPS) is 11.1. The number of ether oxygens (including phenoxy) is 1. The Hall–Kier alpha value is -2.53. The van der Waals surface area contributed by atoms with E-state index >= 15 is 0 Å². The second-order valence-corrected chi connectivity index (χ2v) is 7.45. The number of benzene rings is 2. The van der Waals surface area contributed by atoms with Crippen molar-refractivity contribution < 1.29 is 14.3 Å². The molecule has 0 aliphatic carbocycles. The van der Waals surface area contributed by atoms with Gasteiger partial charge in [0.1, 0.15) is 5.75 Å². The zero-order chi connectivity index (χ0) is 19.5.